The average molecular weight is 465 g/mol. The molecular formula is C24H21ClN4O4. The zero-order valence-corrected chi connectivity index (χ0v) is 18.7. The van der Waals surface area contributed by atoms with Crippen LogP contribution < -0.4 is 20.1 Å². The van der Waals surface area contributed by atoms with E-state index in [2.05, 4.69) is 20.8 Å². The Hall–Kier alpha value is -4.04. The van der Waals surface area contributed by atoms with Crippen molar-refractivity contribution in [2.45, 2.75) is 6.04 Å². The third kappa shape index (κ3) is 5.24. The molecule has 3 aromatic carbocycles. The maximum absolute atomic E-state index is 12.9. The molecule has 0 spiro atoms. The second kappa shape index (κ2) is 10.1. The van der Waals surface area contributed by atoms with Crippen LogP contribution in [0.2, 0.25) is 5.02 Å². The number of nitrogens with one attached hydrogen (secondary N) is 2. The maximum atomic E-state index is 12.9. The zero-order chi connectivity index (χ0) is 23.2. The second-order valence-electron chi connectivity index (χ2n) is 6.96. The van der Waals surface area contributed by atoms with Gasteiger partial charge in [0.1, 0.15) is 17.5 Å². The molecule has 0 radical (unpaired) electrons. The van der Waals surface area contributed by atoms with Crippen LogP contribution in [0.4, 0.5) is 10.5 Å². The Morgan fingerprint density at radius 2 is 1.73 bits per heavy atom. The Kier molecular flexibility index (Phi) is 6.75. The molecule has 1 heterocycles. The number of rotatable bonds is 7. The fourth-order valence-corrected chi connectivity index (χ4v) is 3.32. The first-order valence-corrected chi connectivity index (χ1v) is 10.4. The smallest absolute Gasteiger partial charge is 0.320 e. The normalized spacial score (nSPS) is 11.5. The van der Waals surface area contributed by atoms with Gasteiger partial charge in [0.2, 0.25) is 11.8 Å². The summed E-state index contributed by atoms with van der Waals surface area (Å²) in [6.45, 7) is 0. The monoisotopic (exact) mass is 464 g/mol. The van der Waals surface area contributed by atoms with Gasteiger partial charge in [-0.05, 0) is 42.0 Å². The highest BCUT2D eigenvalue weighted by molar-refractivity contribution is 6.30. The number of benzene rings is 3. The average Bonchev–Trinajstić information content (AvgIpc) is 3.34. The molecule has 4 aromatic rings. The molecule has 168 valence electrons. The minimum absolute atomic E-state index is 0.226. The SMILES string of the molecule is COc1ccc(OC)c(NC(=O)N[C@@H](c2ccc(Cl)cc2)c2nnc(-c3ccccc3)o2)c1. The number of hydrogen-bond donors (Lipinski definition) is 2. The summed E-state index contributed by atoms with van der Waals surface area (Å²) in [5.41, 5.74) is 1.94. The summed E-state index contributed by atoms with van der Waals surface area (Å²) in [7, 11) is 3.06. The lowest BCUT2D eigenvalue weighted by atomic mass is 10.1. The molecule has 0 bridgehead atoms. The summed E-state index contributed by atoms with van der Waals surface area (Å²) in [4.78, 5) is 12.9. The number of methoxy groups -OCH3 is 2. The van der Waals surface area contributed by atoms with Crippen LogP contribution in [0.5, 0.6) is 11.5 Å². The van der Waals surface area contributed by atoms with Gasteiger partial charge in [-0.3, -0.25) is 0 Å². The second-order valence-corrected chi connectivity index (χ2v) is 7.40. The number of anilines is 1. The van der Waals surface area contributed by atoms with Crippen molar-refractivity contribution in [2.24, 2.45) is 0 Å². The van der Waals surface area contributed by atoms with Crippen LogP contribution in [0.15, 0.2) is 77.2 Å². The molecule has 9 heteroatoms. The van der Waals surface area contributed by atoms with Gasteiger partial charge >= 0.3 is 6.03 Å². The van der Waals surface area contributed by atoms with Gasteiger partial charge in [-0.2, -0.15) is 0 Å². The van der Waals surface area contributed by atoms with Gasteiger partial charge < -0.3 is 24.5 Å². The predicted molar refractivity (Wildman–Crippen MR) is 125 cm³/mol. The maximum Gasteiger partial charge on any atom is 0.320 e. The molecule has 0 aliphatic rings. The minimum atomic E-state index is -0.719. The first kappa shape index (κ1) is 22.2. The van der Waals surface area contributed by atoms with Crippen molar-refractivity contribution in [3.8, 4) is 23.0 Å². The summed E-state index contributed by atoms with van der Waals surface area (Å²) >= 11 is 6.04. The molecule has 2 amide bonds. The number of urea groups is 1. The molecule has 2 N–H and O–H groups in total. The van der Waals surface area contributed by atoms with E-state index in [0.717, 1.165) is 11.1 Å². The molecule has 0 aliphatic heterocycles. The number of carbonyl (C=O) groups is 1. The molecule has 0 saturated carbocycles. The van der Waals surface area contributed by atoms with Crippen LogP contribution >= 0.6 is 11.6 Å². The highest BCUT2D eigenvalue weighted by Crippen LogP contribution is 2.30. The van der Waals surface area contributed by atoms with Gasteiger partial charge in [0, 0.05) is 16.7 Å². The molecule has 1 aromatic heterocycles. The van der Waals surface area contributed by atoms with Crippen molar-refractivity contribution in [3.63, 3.8) is 0 Å². The summed E-state index contributed by atoms with van der Waals surface area (Å²) in [5, 5.41) is 14.6. The highest BCUT2D eigenvalue weighted by Gasteiger charge is 2.24. The lowest BCUT2D eigenvalue weighted by Gasteiger charge is -2.17. The van der Waals surface area contributed by atoms with Crippen molar-refractivity contribution in [2.75, 3.05) is 19.5 Å². The molecule has 1 atom stereocenters. The number of carbonyl (C=O) groups excluding carboxylic acids is 1. The molecular weight excluding hydrogens is 444 g/mol. The van der Waals surface area contributed by atoms with Gasteiger partial charge in [-0.25, -0.2) is 4.79 Å². The van der Waals surface area contributed by atoms with Crippen LogP contribution in [-0.4, -0.2) is 30.4 Å². The first-order chi connectivity index (χ1) is 16.1. The van der Waals surface area contributed by atoms with Crippen LogP contribution in [0, 0.1) is 0 Å². The van der Waals surface area contributed by atoms with Gasteiger partial charge in [0.15, 0.2) is 0 Å². The lowest BCUT2D eigenvalue weighted by Crippen LogP contribution is -2.33. The quantitative estimate of drug-likeness (QED) is 0.384. The summed E-state index contributed by atoms with van der Waals surface area (Å²) in [6, 6.07) is 20.3. The topological polar surface area (TPSA) is 98.5 Å². The zero-order valence-electron chi connectivity index (χ0n) is 17.9. The highest BCUT2D eigenvalue weighted by atomic mass is 35.5. The van der Waals surface area contributed by atoms with Crippen molar-refractivity contribution in [1.82, 2.24) is 15.5 Å². The van der Waals surface area contributed by atoms with Crippen LogP contribution in [-0.2, 0) is 0 Å². The third-order valence-electron chi connectivity index (χ3n) is 4.84. The standard InChI is InChI=1S/C24H21ClN4O4/c1-31-18-12-13-20(32-2)19(14-18)26-24(30)27-21(15-8-10-17(25)11-9-15)23-29-28-22(33-23)16-6-4-3-5-7-16/h3-14,21H,1-2H3,(H2,26,27,30)/t21-/m0/s1. The minimum Gasteiger partial charge on any atom is -0.497 e. The van der Waals surface area contributed by atoms with Crippen molar-refractivity contribution in [1.29, 1.82) is 0 Å². The molecule has 33 heavy (non-hydrogen) atoms. The fraction of sp³-hybridized carbons (Fsp3) is 0.125. The Morgan fingerprint density at radius 1 is 0.970 bits per heavy atom. The lowest BCUT2D eigenvalue weighted by molar-refractivity contribution is 0.248. The van der Waals surface area contributed by atoms with Gasteiger partial charge in [0.25, 0.3) is 0 Å². The Bertz CT molecular complexity index is 1230. The number of nitrogens with zero attached hydrogens (tertiary/aromatic N) is 2. The van der Waals surface area contributed by atoms with Crippen molar-refractivity contribution in [3.05, 3.63) is 89.3 Å². The Morgan fingerprint density at radius 3 is 2.42 bits per heavy atom. The van der Waals surface area contributed by atoms with Crippen molar-refractivity contribution < 1.29 is 18.7 Å². The van der Waals surface area contributed by atoms with Crippen molar-refractivity contribution >= 4 is 23.3 Å². The van der Waals surface area contributed by atoms with E-state index >= 15 is 0 Å². The number of aromatic nitrogens is 2. The number of ether oxygens (including phenoxy) is 2. The van der Waals surface area contributed by atoms with E-state index in [1.54, 1.807) is 49.6 Å². The predicted octanol–water partition coefficient (Wildman–Crippen LogP) is 5.32. The molecule has 8 nitrogen and oxygen atoms in total. The number of hydrogen-bond acceptors (Lipinski definition) is 6. The molecule has 0 fully saturated rings. The van der Waals surface area contributed by atoms with Gasteiger partial charge in [-0.1, -0.05) is 41.9 Å². The molecule has 0 aliphatic carbocycles. The Labute approximate surface area is 195 Å². The van der Waals surface area contributed by atoms with E-state index in [-0.39, 0.29) is 5.89 Å². The molecule has 0 unspecified atom stereocenters. The third-order valence-corrected chi connectivity index (χ3v) is 5.09. The van der Waals surface area contributed by atoms with Gasteiger partial charge in [-0.15, -0.1) is 10.2 Å². The van der Waals surface area contributed by atoms with Crippen LogP contribution in [0.3, 0.4) is 0 Å². The number of amides is 2. The summed E-state index contributed by atoms with van der Waals surface area (Å²) in [6.07, 6.45) is 0. The first-order valence-electron chi connectivity index (χ1n) is 10.0. The largest absolute Gasteiger partial charge is 0.497 e. The molecule has 4 rings (SSSR count). The summed E-state index contributed by atoms with van der Waals surface area (Å²) in [5.74, 6) is 1.63. The number of halogens is 1. The molecule has 0 saturated heterocycles. The van der Waals surface area contributed by atoms with E-state index in [1.807, 2.05) is 30.3 Å². The van der Waals surface area contributed by atoms with Gasteiger partial charge in [0.05, 0.1) is 19.9 Å². The summed E-state index contributed by atoms with van der Waals surface area (Å²) < 4.78 is 16.5. The van der Waals surface area contributed by atoms with E-state index in [0.29, 0.717) is 28.1 Å². The van der Waals surface area contributed by atoms with E-state index in [1.165, 1.54) is 7.11 Å². The van der Waals surface area contributed by atoms with E-state index in [9.17, 15) is 4.79 Å². The fourth-order valence-electron chi connectivity index (χ4n) is 3.19. The van der Waals surface area contributed by atoms with Crippen LogP contribution in [0.1, 0.15) is 17.5 Å². The Balaban J connectivity index is 1.62. The van der Waals surface area contributed by atoms with E-state index in [4.69, 9.17) is 25.5 Å². The van der Waals surface area contributed by atoms with Crippen LogP contribution in [0.25, 0.3) is 11.5 Å². The van der Waals surface area contributed by atoms with E-state index < -0.39 is 12.1 Å².